The predicted octanol–water partition coefficient (Wildman–Crippen LogP) is 6.61. The highest BCUT2D eigenvalue weighted by Gasteiger charge is 2.38. The molecule has 10 nitrogen and oxygen atoms in total. The fourth-order valence-corrected chi connectivity index (χ4v) is 7.34. The van der Waals surface area contributed by atoms with Gasteiger partial charge in [-0.3, -0.25) is 13.9 Å². The number of hydrogen-bond donors (Lipinski definition) is 1. The summed E-state index contributed by atoms with van der Waals surface area (Å²) < 4.78 is 31.1. The Kier molecular flexibility index (Phi) is 8.89. The molecule has 2 aromatic carbocycles. The average molecular weight is 716 g/mol. The Morgan fingerprint density at radius 3 is 2.27 bits per heavy atom. The minimum absolute atomic E-state index is 0.0205. The fourth-order valence-electron chi connectivity index (χ4n) is 4.65. The van der Waals surface area contributed by atoms with Crippen molar-refractivity contribution in [2.24, 2.45) is 0 Å². The number of fused-ring (bicyclic) bond motifs is 1. The Labute approximate surface area is 270 Å². The van der Waals surface area contributed by atoms with E-state index in [1.165, 1.54) is 49.6 Å². The molecule has 0 bridgehead atoms. The summed E-state index contributed by atoms with van der Waals surface area (Å²) in [6.45, 7) is 1.44. The van der Waals surface area contributed by atoms with Gasteiger partial charge in [-0.05, 0) is 89.6 Å². The number of aromatic nitrogens is 3. The fraction of sp³-hybridized carbons (Fsp3) is 0.100. The Balaban J connectivity index is 1.65. The lowest BCUT2D eigenvalue weighted by Gasteiger charge is -2.30. The van der Waals surface area contributed by atoms with Crippen molar-refractivity contribution in [2.45, 2.75) is 24.3 Å². The van der Waals surface area contributed by atoms with Crippen LogP contribution in [-0.4, -0.2) is 51.6 Å². The van der Waals surface area contributed by atoms with Gasteiger partial charge in [0, 0.05) is 51.6 Å². The van der Waals surface area contributed by atoms with E-state index in [4.69, 9.17) is 23.2 Å². The third kappa shape index (κ3) is 6.39. The first-order valence-corrected chi connectivity index (χ1v) is 15.8. The topological polar surface area (TPSA) is 140 Å². The summed E-state index contributed by atoms with van der Waals surface area (Å²) in [5, 5.41) is 10.9. The van der Waals surface area contributed by atoms with E-state index in [2.05, 4.69) is 25.9 Å². The minimum Gasteiger partial charge on any atom is -0.480 e. The SMILES string of the molecule is CC(=O)c1ccnc(-n2ccc3cc(N(C(CC(=O)c4ccnc(Br)c4)C(=O)O)S(=O)(=O)c4cc(Cl)cc(Cl)c4)ccc32)c1. The molecule has 5 aromatic rings. The second-order valence-corrected chi connectivity index (χ2v) is 13.1. The first kappa shape index (κ1) is 31.3. The molecule has 44 heavy (non-hydrogen) atoms. The molecule has 0 saturated carbocycles. The summed E-state index contributed by atoms with van der Waals surface area (Å²) in [5.41, 5.74) is 1.19. The van der Waals surface area contributed by atoms with E-state index >= 15 is 0 Å². The number of rotatable bonds is 10. The van der Waals surface area contributed by atoms with E-state index < -0.39 is 34.2 Å². The van der Waals surface area contributed by atoms with Gasteiger partial charge < -0.3 is 9.67 Å². The molecule has 1 atom stereocenters. The summed E-state index contributed by atoms with van der Waals surface area (Å²) >= 11 is 15.4. The number of pyridine rings is 2. The van der Waals surface area contributed by atoms with Gasteiger partial charge in [0.25, 0.3) is 10.0 Å². The Bertz CT molecular complexity index is 2050. The molecule has 1 unspecified atom stereocenters. The van der Waals surface area contributed by atoms with Crippen molar-refractivity contribution in [2.75, 3.05) is 4.31 Å². The highest BCUT2D eigenvalue weighted by molar-refractivity contribution is 9.10. The van der Waals surface area contributed by atoms with Crippen molar-refractivity contribution in [3.8, 4) is 5.82 Å². The zero-order valence-corrected chi connectivity index (χ0v) is 26.6. The van der Waals surface area contributed by atoms with Gasteiger partial charge in [0.15, 0.2) is 11.6 Å². The molecule has 0 amide bonds. The predicted molar refractivity (Wildman–Crippen MR) is 170 cm³/mol. The number of carbonyl (C=O) groups excluding carboxylic acids is 2. The highest BCUT2D eigenvalue weighted by Crippen LogP contribution is 2.34. The van der Waals surface area contributed by atoms with Gasteiger partial charge in [-0.2, -0.15) is 0 Å². The number of hydrogen-bond acceptors (Lipinski definition) is 7. The van der Waals surface area contributed by atoms with Crippen molar-refractivity contribution in [1.82, 2.24) is 14.5 Å². The molecule has 0 aliphatic heterocycles. The van der Waals surface area contributed by atoms with Crippen molar-refractivity contribution < 1.29 is 27.9 Å². The first-order valence-electron chi connectivity index (χ1n) is 12.8. The van der Waals surface area contributed by atoms with E-state index in [0.29, 0.717) is 31.2 Å². The molecule has 3 aromatic heterocycles. The number of halogens is 3. The number of carbonyl (C=O) groups is 3. The average Bonchev–Trinajstić information content (AvgIpc) is 3.39. The summed E-state index contributed by atoms with van der Waals surface area (Å²) in [4.78, 5) is 45.9. The Morgan fingerprint density at radius 2 is 1.61 bits per heavy atom. The molecule has 0 radical (unpaired) electrons. The van der Waals surface area contributed by atoms with Crippen LogP contribution < -0.4 is 4.31 Å². The van der Waals surface area contributed by atoms with Crippen molar-refractivity contribution in [3.63, 3.8) is 0 Å². The monoisotopic (exact) mass is 714 g/mol. The van der Waals surface area contributed by atoms with E-state index in [1.54, 1.807) is 35.0 Å². The van der Waals surface area contributed by atoms with E-state index in [9.17, 15) is 27.9 Å². The van der Waals surface area contributed by atoms with Crippen molar-refractivity contribution in [3.05, 3.63) is 111 Å². The van der Waals surface area contributed by atoms with Crippen LogP contribution in [0.2, 0.25) is 10.0 Å². The van der Waals surface area contributed by atoms with Crippen molar-refractivity contribution >= 4 is 83.3 Å². The lowest BCUT2D eigenvalue weighted by molar-refractivity contribution is -0.138. The normalized spacial score (nSPS) is 12.2. The number of benzene rings is 2. The maximum Gasteiger partial charge on any atom is 0.328 e. The lowest BCUT2D eigenvalue weighted by Crippen LogP contribution is -2.46. The Hall–Kier alpha value is -4.10. The number of sulfonamides is 1. The smallest absolute Gasteiger partial charge is 0.328 e. The van der Waals surface area contributed by atoms with Crippen LogP contribution in [0.15, 0.2) is 94.8 Å². The number of carboxylic acids is 1. The molecule has 0 aliphatic carbocycles. The van der Waals surface area contributed by atoms with E-state index in [-0.39, 0.29) is 32.0 Å². The highest BCUT2D eigenvalue weighted by atomic mass is 79.9. The number of carboxylic acid groups (broad SMARTS) is 1. The van der Waals surface area contributed by atoms with Crippen LogP contribution in [0.1, 0.15) is 34.1 Å². The molecule has 0 spiro atoms. The molecule has 3 heterocycles. The van der Waals surface area contributed by atoms with Crippen molar-refractivity contribution in [1.29, 1.82) is 0 Å². The Morgan fingerprint density at radius 1 is 0.932 bits per heavy atom. The van der Waals surface area contributed by atoms with Crippen LogP contribution in [0, 0.1) is 0 Å². The van der Waals surface area contributed by atoms with Gasteiger partial charge in [-0.25, -0.2) is 23.2 Å². The first-order chi connectivity index (χ1) is 20.8. The third-order valence-corrected chi connectivity index (χ3v) is 9.40. The van der Waals surface area contributed by atoms with Gasteiger partial charge in [-0.15, -0.1) is 0 Å². The number of ketones is 2. The van der Waals surface area contributed by atoms with Crippen LogP contribution in [0.4, 0.5) is 5.69 Å². The minimum atomic E-state index is -4.66. The number of aliphatic carboxylic acids is 1. The summed E-state index contributed by atoms with van der Waals surface area (Å²) in [6, 6.07) is 14.1. The summed E-state index contributed by atoms with van der Waals surface area (Å²) in [5.74, 6) is -1.85. The van der Waals surface area contributed by atoms with Crippen LogP contribution >= 0.6 is 39.1 Å². The number of nitrogens with zero attached hydrogens (tertiary/aromatic N) is 4. The molecule has 5 rings (SSSR count). The number of anilines is 1. The molecular formula is C30H21BrCl2N4O6S. The van der Waals surface area contributed by atoms with Gasteiger partial charge in [0.1, 0.15) is 16.5 Å². The van der Waals surface area contributed by atoms with Crippen LogP contribution in [0.5, 0.6) is 0 Å². The molecule has 224 valence electrons. The standard InChI is InChI=1S/C30H21BrCl2N4O6S/c1-17(38)18-4-8-35-29(12-18)36-9-6-19-10-23(2-3-25(19)36)37(44(42,43)24-14-21(32)13-22(33)15-24)26(30(40)41)16-27(39)20-5-7-34-28(31)11-20/h2-15,26H,16H2,1H3,(H,40,41). The van der Waals surface area contributed by atoms with E-state index in [1.807, 2.05) is 0 Å². The summed E-state index contributed by atoms with van der Waals surface area (Å²) in [7, 11) is -4.66. The van der Waals surface area contributed by atoms with Crippen LogP contribution in [-0.2, 0) is 14.8 Å². The molecule has 0 fully saturated rings. The van der Waals surface area contributed by atoms with Gasteiger partial charge in [0.2, 0.25) is 0 Å². The number of Topliss-reactive ketones (excluding diaryl/α,β-unsaturated/α-hetero) is 2. The second kappa shape index (κ2) is 12.5. The van der Waals surface area contributed by atoms with Gasteiger partial charge in [-0.1, -0.05) is 23.2 Å². The second-order valence-electron chi connectivity index (χ2n) is 9.64. The van der Waals surface area contributed by atoms with Gasteiger partial charge in [0.05, 0.1) is 16.1 Å². The molecular weight excluding hydrogens is 695 g/mol. The van der Waals surface area contributed by atoms with E-state index in [0.717, 1.165) is 12.1 Å². The van der Waals surface area contributed by atoms with Gasteiger partial charge >= 0.3 is 5.97 Å². The van der Waals surface area contributed by atoms with Crippen LogP contribution in [0.3, 0.4) is 0 Å². The summed E-state index contributed by atoms with van der Waals surface area (Å²) in [6.07, 6.45) is 3.87. The zero-order chi connectivity index (χ0) is 31.8. The quantitative estimate of drug-likeness (QED) is 0.126. The van der Waals surface area contributed by atoms with Crippen LogP contribution in [0.25, 0.3) is 16.7 Å². The molecule has 1 N–H and O–H groups in total. The molecule has 0 aliphatic rings. The lowest BCUT2D eigenvalue weighted by atomic mass is 10.0. The maximum absolute atomic E-state index is 14.2. The maximum atomic E-state index is 14.2. The third-order valence-electron chi connectivity index (χ3n) is 6.72. The largest absolute Gasteiger partial charge is 0.480 e. The molecule has 14 heteroatoms. The zero-order valence-electron chi connectivity index (χ0n) is 22.7. The molecule has 0 saturated heterocycles.